The van der Waals surface area contributed by atoms with Crippen LogP contribution < -0.4 is 5.73 Å². The number of nitrogen functional groups attached to an aromatic ring is 1. The fraction of sp³-hybridized carbons (Fsp3) is 0.182. The second-order valence-electron chi connectivity index (χ2n) is 3.34. The highest BCUT2D eigenvalue weighted by atomic mass is 16.5. The summed E-state index contributed by atoms with van der Waals surface area (Å²) >= 11 is 0. The third-order valence-electron chi connectivity index (χ3n) is 2.10. The lowest BCUT2D eigenvalue weighted by molar-refractivity contribution is 0.0526. The molecule has 2 aromatic rings. The minimum atomic E-state index is -0.394. The highest BCUT2D eigenvalue weighted by molar-refractivity contribution is 5.88. The largest absolute Gasteiger partial charge is 0.462 e. The molecule has 6 heteroatoms. The van der Waals surface area contributed by atoms with E-state index >= 15 is 0 Å². The summed E-state index contributed by atoms with van der Waals surface area (Å²) in [5.41, 5.74) is 6.50. The van der Waals surface area contributed by atoms with Crippen LogP contribution in [-0.4, -0.2) is 27.3 Å². The molecule has 0 aliphatic carbocycles. The number of aromatic nitrogens is 3. The minimum absolute atomic E-state index is 0.337. The monoisotopic (exact) mass is 232 g/mol. The van der Waals surface area contributed by atoms with E-state index in [9.17, 15) is 4.79 Å². The van der Waals surface area contributed by atoms with Crippen LogP contribution in [-0.2, 0) is 4.74 Å². The van der Waals surface area contributed by atoms with Crippen LogP contribution in [0.25, 0.3) is 5.82 Å². The van der Waals surface area contributed by atoms with E-state index in [2.05, 4.69) is 10.1 Å². The number of ether oxygens (including phenoxy) is 1. The van der Waals surface area contributed by atoms with Crippen LogP contribution in [0.4, 0.5) is 5.69 Å². The van der Waals surface area contributed by atoms with Gasteiger partial charge in [-0.3, -0.25) is 0 Å². The van der Waals surface area contributed by atoms with Crippen LogP contribution in [0.5, 0.6) is 0 Å². The first-order chi connectivity index (χ1) is 8.20. The van der Waals surface area contributed by atoms with Gasteiger partial charge in [0.2, 0.25) is 0 Å². The second-order valence-corrected chi connectivity index (χ2v) is 3.34. The molecule has 6 nitrogen and oxygen atoms in total. The van der Waals surface area contributed by atoms with Crippen molar-refractivity contribution < 1.29 is 9.53 Å². The number of nitrogens with zero attached hydrogens (tertiary/aromatic N) is 3. The zero-order valence-corrected chi connectivity index (χ0v) is 9.33. The minimum Gasteiger partial charge on any atom is -0.462 e. The van der Waals surface area contributed by atoms with Crippen molar-refractivity contribution in [2.75, 3.05) is 12.3 Å². The molecule has 0 spiro atoms. The summed E-state index contributed by atoms with van der Waals surface area (Å²) in [4.78, 5) is 15.5. The van der Waals surface area contributed by atoms with E-state index in [1.54, 1.807) is 25.3 Å². The van der Waals surface area contributed by atoms with Crippen molar-refractivity contribution in [1.29, 1.82) is 0 Å². The number of carbonyl (C=O) groups is 1. The number of esters is 1. The maximum atomic E-state index is 11.4. The molecular weight excluding hydrogens is 220 g/mol. The Bertz CT molecular complexity index is 519. The Morgan fingerprint density at radius 1 is 1.47 bits per heavy atom. The van der Waals surface area contributed by atoms with Gasteiger partial charge in [0, 0.05) is 6.20 Å². The number of anilines is 1. The van der Waals surface area contributed by atoms with Crippen LogP contribution in [0.3, 0.4) is 0 Å². The summed E-state index contributed by atoms with van der Waals surface area (Å²) in [7, 11) is 0. The molecule has 2 rings (SSSR count). The molecule has 0 aliphatic heterocycles. The van der Waals surface area contributed by atoms with Crippen molar-refractivity contribution >= 4 is 11.7 Å². The van der Waals surface area contributed by atoms with Gasteiger partial charge in [-0.25, -0.2) is 14.5 Å². The zero-order chi connectivity index (χ0) is 12.3. The molecule has 2 aromatic heterocycles. The quantitative estimate of drug-likeness (QED) is 0.799. The maximum absolute atomic E-state index is 11.4. The van der Waals surface area contributed by atoms with E-state index < -0.39 is 5.97 Å². The van der Waals surface area contributed by atoms with Gasteiger partial charge in [0.25, 0.3) is 0 Å². The first-order valence-electron chi connectivity index (χ1n) is 5.14. The number of carbonyl (C=O) groups excluding carboxylic acids is 1. The number of pyridine rings is 1. The maximum Gasteiger partial charge on any atom is 0.341 e. The van der Waals surface area contributed by atoms with Crippen LogP contribution in [0.15, 0.2) is 30.7 Å². The third-order valence-corrected chi connectivity index (χ3v) is 2.10. The van der Waals surface area contributed by atoms with Gasteiger partial charge in [0.1, 0.15) is 0 Å². The Labute approximate surface area is 98.0 Å². The third kappa shape index (κ3) is 2.41. The molecule has 0 aromatic carbocycles. The second kappa shape index (κ2) is 4.65. The number of hydrogen-bond donors (Lipinski definition) is 1. The summed E-state index contributed by atoms with van der Waals surface area (Å²) in [5.74, 6) is 0.198. The predicted molar refractivity (Wildman–Crippen MR) is 61.7 cm³/mol. The molecule has 0 fully saturated rings. The molecule has 88 valence electrons. The van der Waals surface area contributed by atoms with Crippen LogP contribution >= 0.6 is 0 Å². The van der Waals surface area contributed by atoms with Crippen molar-refractivity contribution in [2.45, 2.75) is 6.92 Å². The fourth-order valence-electron chi connectivity index (χ4n) is 1.30. The van der Waals surface area contributed by atoms with E-state index in [0.29, 0.717) is 23.7 Å². The van der Waals surface area contributed by atoms with Gasteiger partial charge in [-0.05, 0) is 19.1 Å². The average Bonchev–Trinajstić information content (AvgIpc) is 2.80. The van der Waals surface area contributed by atoms with Gasteiger partial charge >= 0.3 is 5.97 Å². The van der Waals surface area contributed by atoms with Crippen molar-refractivity contribution in [3.63, 3.8) is 0 Å². The summed E-state index contributed by atoms with van der Waals surface area (Å²) in [6, 6.07) is 3.44. The highest BCUT2D eigenvalue weighted by Crippen LogP contribution is 2.08. The van der Waals surface area contributed by atoms with E-state index in [0.717, 1.165) is 0 Å². The van der Waals surface area contributed by atoms with E-state index in [1.807, 2.05) is 0 Å². The Kier molecular flexibility index (Phi) is 3.04. The van der Waals surface area contributed by atoms with Crippen LogP contribution in [0, 0.1) is 0 Å². The van der Waals surface area contributed by atoms with Gasteiger partial charge in [0.15, 0.2) is 5.82 Å². The topological polar surface area (TPSA) is 83.0 Å². The van der Waals surface area contributed by atoms with Crippen LogP contribution in [0.2, 0.25) is 0 Å². The Balaban J connectivity index is 2.23. The summed E-state index contributed by atoms with van der Waals surface area (Å²) in [6.45, 7) is 2.09. The van der Waals surface area contributed by atoms with E-state index in [-0.39, 0.29) is 0 Å². The molecule has 0 aliphatic rings. The number of hydrogen-bond acceptors (Lipinski definition) is 5. The zero-order valence-electron chi connectivity index (χ0n) is 9.33. The normalized spacial score (nSPS) is 10.2. The smallest absolute Gasteiger partial charge is 0.341 e. The van der Waals surface area contributed by atoms with Gasteiger partial charge in [-0.1, -0.05) is 0 Å². The van der Waals surface area contributed by atoms with Gasteiger partial charge in [0.05, 0.1) is 30.3 Å². The molecule has 17 heavy (non-hydrogen) atoms. The van der Waals surface area contributed by atoms with E-state index in [4.69, 9.17) is 10.5 Å². The average molecular weight is 232 g/mol. The van der Waals surface area contributed by atoms with Crippen LogP contribution in [0.1, 0.15) is 17.3 Å². The lowest BCUT2D eigenvalue weighted by atomic mass is 10.4. The molecule has 0 bridgehead atoms. The molecular formula is C11H12N4O2. The molecule has 0 saturated heterocycles. The van der Waals surface area contributed by atoms with Crippen molar-refractivity contribution in [3.05, 3.63) is 36.3 Å². The molecule has 0 amide bonds. The van der Waals surface area contributed by atoms with Gasteiger partial charge in [-0.2, -0.15) is 5.10 Å². The number of nitrogens with two attached hydrogens (primary N) is 1. The van der Waals surface area contributed by atoms with Gasteiger partial charge < -0.3 is 10.5 Å². The first-order valence-corrected chi connectivity index (χ1v) is 5.14. The van der Waals surface area contributed by atoms with Crippen molar-refractivity contribution in [3.8, 4) is 5.82 Å². The van der Waals surface area contributed by atoms with Gasteiger partial charge in [-0.15, -0.1) is 0 Å². The molecule has 0 atom stereocenters. The molecule has 2 heterocycles. The molecule has 0 saturated carbocycles. The molecule has 0 unspecified atom stereocenters. The number of rotatable bonds is 3. The first kappa shape index (κ1) is 11.1. The Hall–Kier alpha value is -2.37. The lowest BCUT2D eigenvalue weighted by Crippen LogP contribution is -2.03. The lowest BCUT2D eigenvalue weighted by Gasteiger charge is -2.00. The molecule has 0 radical (unpaired) electrons. The Morgan fingerprint density at radius 3 is 2.94 bits per heavy atom. The SMILES string of the molecule is CCOC(=O)c1cnn(-c2ccc(N)cn2)c1. The molecule has 2 N–H and O–H groups in total. The van der Waals surface area contributed by atoms with Crippen molar-refractivity contribution in [1.82, 2.24) is 14.8 Å². The van der Waals surface area contributed by atoms with E-state index in [1.165, 1.54) is 17.1 Å². The standard InChI is InChI=1S/C11H12N4O2/c1-2-17-11(16)8-5-14-15(7-8)10-4-3-9(12)6-13-10/h3-7H,2,12H2,1H3. The Morgan fingerprint density at radius 2 is 2.29 bits per heavy atom. The van der Waals surface area contributed by atoms with Crippen molar-refractivity contribution in [2.24, 2.45) is 0 Å². The highest BCUT2D eigenvalue weighted by Gasteiger charge is 2.10. The summed E-state index contributed by atoms with van der Waals surface area (Å²) < 4.78 is 6.36. The summed E-state index contributed by atoms with van der Waals surface area (Å²) in [5, 5.41) is 4.03. The fourth-order valence-corrected chi connectivity index (χ4v) is 1.30. The summed E-state index contributed by atoms with van der Waals surface area (Å²) in [6.07, 6.45) is 4.54. The predicted octanol–water partition coefficient (Wildman–Crippen LogP) is 1.03.